The molecule has 134 valence electrons. The van der Waals surface area contributed by atoms with E-state index in [1.165, 1.54) is 0 Å². The zero-order valence-corrected chi connectivity index (χ0v) is 16.5. The number of carbonyl (C=O) groups is 1. The van der Waals surface area contributed by atoms with Crippen LogP contribution in [0.25, 0.3) is 0 Å². The third-order valence-corrected chi connectivity index (χ3v) is 5.49. The van der Waals surface area contributed by atoms with Crippen LogP contribution in [0.5, 0.6) is 5.75 Å². The summed E-state index contributed by atoms with van der Waals surface area (Å²) in [6.07, 6.45) is 0.829. The molecule has 2 aromatic rings. The van der Waals surface area contributed by atoms with E-state index in [2.05, 4.69) is 12.2 Å². The normalized spacial score (nSPS) is 11.8. The first-order valence-corrected chi connectivity index (χ1v) is 9.89. The average Bonchev–Trinajstić information content (AvgIpc) is 2.63. The number of rotatable bonds is 8. The summed E-state index contributed by atoms with van der Waals surface area (Å²) in [5, 5.41) is 4.16. The molecule has 0 heterocycles. The number of benzene rings is 2. The van der Waals surface area contributed by atoms with E-state index in [0.29, 0.717) is 21.6 Å². The predicted molar refractivity (Wildman–Crippen MR) is 107 cm³/mol. The van der Waals surface area contributed by atoms with Crippen LogP contribution < -0.4 is 10.1 Å². The largest absolute Gasteiger partial charge is 0.497 e. The number of methoxy groups -OCH3 is 1. The molecule has 1 N–H and O–H groups in total. The van der Waals surface area contributed by atoms with Gasteiger partial charge in [0.1, 0.15) is 5.75 Å². The first-order chi connectivity index (χ1) is 12.0. The molecule has 6 heteroatoms. The minimum absolute atomic E-state index is 0.00369. The highest BCUT2D eigenvalue weighted by atomic mass is 35.5. The van der Waals surface area contributed by atoms with E-state index >= 15 is 0 Å². The number of carbonyl (C=O) groups excluding carboxylic acids is 1. The van der Waals surface area contributed by atoms with Gasteiger partial charge in [0.25, 0.3) is 0 Å². The van der Waals surface area contributed by atoms with Crippen LogP contribution in [0.3, 0.4) is 0 Å². The summed E-state index contributed by atoms with van der Waals surface area (Å²) in [4.78, 5) is 12.2. The van der Waals surface area contributed by atoms with Crippen molar-refractivity contribution in [2.75, 3.05) is 12.9 Å². The maximum Gasteiger partial charge on any atom is 0.230 e. The molecular formula is C19H21Cl2NO2S. The topological polar surface area (TPSA) is 38.3 Å². The molecule has 2 rings (SSSR count). The van der Waals surface area contributed by atoms with Crippen LogP contribution in [-0.4, -0.2) is 18.8 Å². The average molecular weight is 398 g/mol. The van der Waals surface area contributed by atoms with E-state index in [4.69, 9.17) is 27.9 Å². The highest BCUT2D eigenvalue weighted by molar-refractivity contribution is 7.99. The van der Waals surface area contributed by atoms with Crippen LogP contribution in [0.2, 0.25) is 10.0 Å². The Morgan fingerprint density at radius 3 is 2.48 bits per heavy atom. The molecule has 0 spiro atoms. The lowest BCUT2D eigenvalue weighted by molar-refractivity contribution is -0.119. The summed E-state index contributed by atoms with van der Waals surface area (Å²) < 4.78 is 5.17. The van der Waals surface area contributed by atoms with Crippen molar-refractivity contribution in [1.29, 1.82) is 0 Å². The van der Waals surface area contributed by atoms with Gasteiger partial charge in [0.15, 0.2) is 0 Å². The maximum atomic E-state index is 12.2. The highest BCUT2D eigenvalue weighted by Gasteiger charge is 2.13. The molecule has 0 aromatic heterocycles. The van der Waals surface area contributed by atoms with Crippen molar-refractivity contribution in [2.24, 2.45) is 0 Å². The van der Waals surface area contributed by atoms with E-state index in [9.17, 15) is 4.79 Å². The van der Waals surface area contributed by atoms with Gasteiger partial charge < -0.3 is 10.1 Å². The zero-order chi connectivity index (χ0) is 18.2. The summed E-state index contributed by atoms with van der Waals surface area (Å²) >= 11 is 13.5. The van der Waals surface area contributed by atoms with Gasteiger partial charge in [-0.25, -0.2) is 0 Å². The van der Waals surface area contributed by atoms with E-state index in [0.717, 1.165) is 23.3 Å². The van der Waals surface area contributed by atoms with Crippen LogP contribution in [-0.2, 0) is 10.5 Å². The summed E-state index contributed by atoms with van der Waals surface area (Å²) in [6, 6.07) is 13.3. The molecular weight excluding hydrogens is 377 g/mol. The molecule has 3 nitrogen and oxygen atoms in total. The van der Waals surface area contributed by atoms with E-state index < -0.39 is 0 Å². The second-order valence-corrected chi connectivity index (χ2v) is 7.34. The number of halogens is 2. The lowest BCUT2D eigenvalue weighted by Gasteiger charge is -2.17. The summed E-state index contributed by atoms with van der Waals surface area (Å²) in [5.41, 5.74) is 2.13. The van der Waals surface area contributed by atoms with Crippen molar-refractivity contribution in [3.8, 4) is 5.75 Å². The molecule has 0 fully saturated rings. The van der Waals surface area contributed by atoms with Crippen molar-refractivity contribution >= 4 is 40.9 Å². The molecule has 25 heavy (non-hydrogen) atoms. The van der Waals surface area contributed by atoms with Crippen LogP contribution in [0.1, 0.15) is 30.5 Å². The van der Waals surface area contributed by atoms with Crippen LogP contribution in [0.4, 0.5) is 0 Å². The molecule has 0 aliphatic rings. The lowest BCUT2D eigenvalue weighted by Crippen LogP contribution is -2.29. The number of thioether (sulfide) groups is 1. The van der Waals surface area contributed by atoms with Crippen molar-refractivity contribution in [2.45, 2.75) is 25.1 Å². The Bertz CT molecular complexity index is 707. The Kier molecular flexibility index (Phi) is 7.94. The molecule has 2 aromatic carbocycles. The fourth-order valence-electron chi connectivity index (χ4n) is 2.38. The van der Waals surface area contributed by atoms with E-state index in [-0.39, 0.29) is 11.9 Å². The summed E-state index contributed by atoms with van der Waals surface area (Å²) in [7, 11) is 1.64. The molecule has 1 atom stereocenters. The van der Waals surface area contributed by atoms with Crippen LogP contribution in [0.15, 0.2) is 42.5 Å². The monoisotopic (exact) mass is 397 g/mol. The van der Waals surface area contributed by atoms with Gasteiger partial charge in [-0.3, -0.25) is 4.79 Å². The third-order valence-electron chi connectivity index (χ3n) is 3.75. The van der Waals surface area contributed by atoms with Gasteiger partial charge in [0.2, 0.25) is 5.91 Å². The number of nitrogens with one attached hydrogen (secondary N) is 1. The minimum atomic E-state index is 0.00369. The lowest BCUT2D eigenvalue weighted by atomic mass is 10.0. The number of ether oxygens (including phenoxy) is 1. The van der Waals surface area contributed by atoms with Gasteiger partial charge in [0.05, 0.1) is 28.9 Å². The van der Waals surface area contributed by atoms with Gasteiger partial charge >= 0.3 is 0 Å². The molecule has 0 saturated heterocycles. The molecule has 0 bridgehead atoms. The predicted octanol–water partition coefficient (Wildman–Crippen LogP) is 5.50. The number of amides is 1. The minimum Gasteiger partial charge on any atom is -0.497 e. The first-order valence-electron chi connectivity index (χ1n) is 7.98. The van der Waals surface area contributed by atoms with Crippen LogP contribution in [0, 0.1) is 0 Å². The van der Waals surface area contributed by atoms with Gasteiger partial charge in [-0.05, 0) is 41.8 Å². The van der Waals surface area contributed by atoms with Crippen molar-refractivity contribution in [1.82, 2.24) is 5.32 Å². The van der Waals surface area contributed by atoms with Crippen molar-refractivity contribution in [3.63, 3.8) is 0 Å². The Morgan fingerprint density at radius 1 is 1.16 bits per heavy atom. The Balaban J connectivity index is 1.83. The molecule has 0 aliphatic heterocycles. The summed E-state index contributed by atoms with van der Waals surface area (Å²) in [5.74, 6) is 1.94. The van der Waals surface area contributed by atoms with Gasteiger partial charge in [0, 0.05) is 5.75 Å². The fourth-order valence-corrected chi connectivity index (χ4v) is 3.49. The molecule has 1 unspecified atom stereocenters. The molecule has 1 amide bonds. The standard InChI is InChI=1S/C19H21Cl2NO2S/c1-3-18(14-5-7-15(24-2)8-6-14)22-19(23)12-25-11-13-4-9-16(20)17(21)10-13/h4-10,18H,3,11-12H2,1-2H3,(H,22,23). The van der Waals surface area contributed by atoms with Crippen LogP contribution >= 0.6 is 35.0 Å². The fraction of sp³-hybridized carbons (Fsp3) is 0.316. The van der Waals surface area contributed by atoms with Gasteiger partial charge in [-0.15, -0.1) is 11.8 Å². The number of hydrogen-bond acceptors (Lipinski definition) is 3. The molecule has 0 aliphatic carbocycles. The molecule has 0 radical (unpaired) electrons. The zero-order valence-electron chi connectivity index (χ0n) is 14.2. The molecule has 0 saturated carbocycles. The quantitative estimate of drug-likeness (QED) is 0.638. The Morgan fingerprint density at radius 2 is 1.88 bits per heavy atom. The van der Waals surface area contributed by atoms with E-state index in [1.807, 2.05) is 36.4 Å². The van der Waals surface area contributed by atoms with Gasteiger partial charge in [-0.1, -0.05) is 48.3 Å². The van der Waals surface area contributed by atoms with Crippen molar-refractivity contribution < 1.29 is 9.53 Å². The smallest absolute Gasteiger partial charge is 0.230 e. The summed E-state index contributed by atoms with van der Waals surface area (Å²) in [6.45, 7) is 2.05. The second-order valence-electron chi connectivity index (χ2n) is 5.54. The Hall–Kier alpha value is -1.36. The second kappa shape index (κ2) is 9.95. The Labute approximate surface area is 163 Å². The first kappa shape index (κ1) is 20.0. The SMILES string of the molecule is CCC(NC(=O)CSCc1ccc(Cl)c(Cl)c1)c1ccc(OC)cc1. The highest BCUT2D eigenvalue weighted by Crippen LogP contribution is 2.25. The maximum absolute atomic E-state index is 12.2. The third kappa shape index (κ3) is 6.14. The van der Waals surface area contributed by atoms with Gasteiger partial charge in [-0.2, -0.15) is 0 Å². The van der Waals surface area contributed by atoms with E-state index in [1.54, 1.807) is 24.9 Å². The number of hydrogen-bond donors (Lipinski definition) is 1. The van der Waals surface area contributed by atoms with Crippen molar-refractivity contribution in [3.05, 3.63) is 63.6 Å².